The van der Waals surface area contributed by atoms with Crippen LogP contribution in [0.25, 0.3) is 0 Å². The van der Waals surface area contributed by atoms with Gasteiger partial charge in [0.25, 0.3) is 5.82 Å². The minimum atomic E-state index is 0. The van der Waals surface area contributed by atoms with E-state index in [9.17, 15) is 0 Å². The highest BCUT2D eigenvalue weighted by atomic mass is 35.5. The first-order valence-electron chi connectivity index (χ1n) is 3.28. The third-order valence-electron chi connectivity index (χ3n) is 1.42. The fourth-order valence-electron chi connectivity index (χ4n) is 0.849. The van der Waals surface area contributed by atoms with Gasteiger partial charge in [-0.15, -0.1) is 12.4 Å². The molecule has 0 aliphatic carbocycles. The molecule has 0 unspecified atom stereocenters. The summed E-state index contributed by atoms with van der Waals surface area (Å²) in [4.78, 5) is 0. The van der Waals surface area contributed by atoms with Crippen molar-refractivity contribution in [3.63, 3.8) is 0 Å². The number of halogens is 1. The Morgan fingerprint density at radius 3 is 2.45 bits per heavy atom. The van der Waals surface area contributed by atoms with E-state index < -0.39 is 0 Å². The number of rotatable bonds is 1. The summed E-state index contributed by atoms with van der Waals surface area (Å²) in [5.41, 5.74) is 11.9. The monoisotopic (exact) mass is 174 g/mol. The van der Waals surface area contributed by atoms with E-state index in [4.69, 9.17) is 11.5 Å². The first kappa shape index (κ1) is 10.0. The van der Waals surface area contributed by atoms with Crippen LogP contribution >= 0.6 is 12.4 Å². The molecular formula is C7H13ClN3+. The Hall–Kier alpha value is -0.960. The predicted molar refractivity (Wildman–Crippen MR) is 48.4 cm³/mol. The number of hydrogen-bond acceptors (Lipinski definition) is 2. The summed E-state index contributed by atoms with van der Waals surface area (Å²) >= 11 is 0. The number of aromatic nitrogens is 1. The first-order chi connectivity index (χ1) is 4.74. The molecule has 4 N–H and O–H groups in total. The van der Waals surface area contributed by atoms with E-state index >= 15 is 0 Å². The Bertz CT molecular complexity index is 237. The number of nitrogen functional groups attached to an aromatic ring is 2. The maximum atomic E-state index is 5.61. The summed E-state index contributed by atoms with van der Waals surface area (Å²) in [6, 6.07) is 3.60. The van der Waals surface area contributed by atoms with Crippen molar-refractivity contribution in [3.05, 3.63) is 18.3 Å². The van der Waals surface area contributed by atoms with Crippen LogP contribution in [-0.2, 0) is 6.54 Å². The molecule has 0 fully saturated rings. The van der Waals surface area contributed by atoms with Gasteiger partial charge in [-0.25, -0.2) is 4.57 Å². The normalized spacial score (nSPS) is 8.82. The standard InChI is InChI=1S/C7H11N3.ClH/c1-2-10-5-6(8)3-4-7(10)9;/h3-5,9H,2,8H2,1H3;1H/p+1. The number of anilines is 2. The van der Waals surface area contributed by atoms with Crippen LogP contribution in [0.5, 0.6) is 0 Å². The van der Waals surface area contributed by atoms with Crippen molar-refractivity contribution in [1.29, 1.82) is 0 Å². The Morgan fingerprint density at radius 2 is 2.00 bits per heavy atom. The van der Waals surface area contributed by atoms with Gasteiger partial charge in [0.05, 0.1) is 12.2 Å². The summed E-state index contributed by atoms with van der Waals surface area (Å²) < 4.78 is 1.90. The molecule has 3 nitrogen and oxygen atoms in total. The Balaban J connectivity index is 0.000001000. The molecule has 0 spiro atoms. The van der Waals surface area contributed by atoms with Gasteiger partial charge in [0, 0.05) is 6.07 Å². The lowest BCUT2D eigenvalue weighted by molar-refractivity contribution is -0.678. The van der Waals surface area contributed by atoms with Crippen molar-refractivity contribution in [2.45, 2.75) is 13.5 Å². The highest BCUT2D eigenvalue weighted by molar-refractivity contribution is 5.85. The third kappa shape index (κ3) is 2.27. The average molecular weight is 175 g/mol. The third-order valence-corrected chi connectivity index (χ3v) is 1.42. The zero-order chi connectivity index (χ0) is 7.56. The summed E-state index contributed by atoms with van der Waals surface area (Å²) in [5.74, 6) is 0.747. The largest absolute Gasteiger partial charge is 0.396 e. The zero-order valence-electron chi connectivity index (χ0n) is 6.45. The molecule has 62 valence electrons. The molecule has 1 aromatic rings. The Kier molecular flexibility index (Phi) is 3.68. The molecule has 0 aliphatic heterocycles. The van der Waals surface area contributed by atoms with Crippen LogP contribution in [-0.4, -0.2) is 0 Å². The molecule has 4 heteroatoms. The van der Waals surface area contributed by atoms with Crippen molar-refractivity contribution in [2.75, 3.05) is 11.5 Å². The van der Waals surface area contributed by atoms with Crippen LogP contribution < -0.4 is 16.0 Å². The van der Waals surface area contributed by atoms with Crippen molar-refractivity contribution < 1.29 is 4.57 Å². The second-order valence-corrected chi connectivity index (χ2v) is 2.17. The highest BCUT2D eigenvalue weighted by Crippen LogP contribution is 1.99. The number of nitrogens with zero attached hydrogens (tertiary/aromatic N) is 1. The number of hydrogen-bond donors (Lipinski definition) is 2. The fraction of sp³-hybridized carbons (Fsp3) is 0.286. The smallest absolute Gasteiger partial charge is 0.272 e. The van der Waals surface area contributed by atoms with Crippen LogP contribution in [0.2, 0.25) is 0 Å². The van der Waals surface area contributed by atoms with E-state index in [1.807, 2.05) is 17.7 Å². The second kappa shape index (κ2) is 4.03. The molecule has 0 atom stereocenters. The van der Waals surface area contributed by atoms with E-state index in [0.717, 1.165) is 18.1 Å². The second-order valence-electron chi connectivity index (χ2n) is 2.17. The van der Waals surface area contributed by atoms with Gasteiger partial charge in [-0.3, -0.25) is 5.73 Å². The molecule has 0 saturated carbocycles. The lowest BCUT2D eigenvalue weighted by atomic mass is 10.4. The molecule has 11 heavy (non-hydrogen) atoms. The minimum Gasteiger partial charge on any atom is -0.396 e. The van der Waals surface area contributed by atoms with Crippen LogP contribution in [0, 0.1) is 0 Å². The quantitative estimate of drug-likeness (QED) is 0.612. The summed E-state index contributed by atoms with van der Waals surface area (Å²) in [6.07, 6.45) is 1.83. The summed E-state index contributed by atoms with van der Waals surface area (Å²) in [6.45, 7) is 2.88. The van der Waals surface area contributed by atoms with Gasteiger partial charge in [0.15, 0.2) is 0 Å². The van der Waals surface area contributed by atoms with Crippen LogP contribution in [0.15, 0.2) is 18.3 Å². The van der Waals surface area contributed by atoms with Crippen molar-refractivity contribution in [2.24, 2.45) is 0 Å². The minimum absolute atomic E-state index is 0. The summed E-state index contributed by atoms with van der Waals surface area (Å²) in [5, 5.41) is 0. The summed E-state index contributed by atoms with van der Waals surface area (Å²) in [7, 11) is 0. The zero-order valence-corrected chi connectivity index (χ0v) is 7.27. The molecule has 0 saturated heterocycles. The SMILES string of the molecule is CC[n+]1cc(N)ccc1N.Cl. The maximum Gasteiger partial charge on any atom is 0.272 e. The van der Waals surface area contributed by atoms with Crippen LogP contribution in [0.4, 0.5) is 11.5 Å². The Labute approximate surface area is 72.4 Å². The average Bonchev–Trinajstić information content (AvgIpc) is 1.94. The number of aryl methyl sites for hydroxylation is 1. The van der Waals surface area contributed by atoms with E-state index in [2.05, 4.69) is 0 Å². The molecular weight excluding hydrogens is 162 g/mol. The lowest BCUT2D eigenvalue weighted by Crippen LogP contribution is -2.35. The van der Waals surface area contributed by atoms with E-state index in [1.54, 1.807) is 12.1 Å². The van der Waals surface area contributed by atoms with Gasteiger partial charge in [0.1, 0.15) is 6.20 Å². The molecule has 0 radical (unpaired) electrons. The molecule has 0 bridgehead atoms. The lowest BCUT2D eigenvalue weighted by Gasteiger charge is -1.98. The molecule has 0 amide bonds. The highest BCUT2D eigenvalue weighted by Gasteiger charge is 1.99. The molecule has 1 heterocycles. The van der Waals surface area contributed by atoms with Crippen molar-refractivity contribution in [3.8, 4) is 0 Å². The van der Waals surface area contributed by atoms with Gasteiger partial charge in [-0.2, -0.15) is 0 Å². The molecule has 1 aromatic heterocycles. The first-order valence-corrected chi connectivity index (χ1v) is 3.28. The van der Waals surface area contributed by atoms with Crippen LogP contribution in [0.3, 0.4) is 0 Å². The topological polar surface area (TPSA) is 55.9 Å². The number of pyridine rings is 1. The van der Waals surface area contributed by atoms with E-state index in [0.29, 0.717) is 0 Å². The van der Waals surface area contributed by atoms with Crippen molar-refractivity contribution in [1.82, 2.24) is 0 Å². The molecule has 1 rings (SSSR count). The van der Waals surface area contributed by atoms with Gasteiger partial charge in [0.2, 0.25) is 0 Å². The van der Waals surface area contributed by atoms with Gasteiger partial charge >= 0.3 is 0 Å². The predicted octanol–water partition coefficient (Wildman–Crippen LogP) is 0.580. The van der Waals surface area contributed by atoms with E-state index in [-0.39, 0.29) is 12.4 Å². The van der Waals surface area contributed by atoms with Gasteiger partial charge in [-0.1, -0.05) is 0 Å². The van der Waals surface area contributed by atoms with Gasteiger partial charge in [-0.05, 0) is 13.0 Å². The van der Waals surface area contributed by atoms with Gasteiger partial charge < -0.3 is 5.73 Å². The van der Waals surface area contributed by atoms with E-state index in [1.165, 1.54) is 0 Å². The number of nitrogens with two attached hydrogens (primary N) is 2. The Morgan fingerprint density at radius 1 is 1.36 bits per heavy atom. The van der Waals surface area contributed by atoms with Crippen LogP contribution in [0.1, 0.15) is 6.92 Å². The maximum absolute atomic E-state index is 5.61. The molecule has 0 aromatic carbocycles. The van der Waals surface area contributed by atoms with Crippen molar-refractivity contribution >= 4 is 23.9 Å². The molecule has 0 aliphatic rings. The fourth-order valence-corrected chi connectivity index (χ4v) is 0.849.